The molecule has 0 saturated carbocycles. The maximum absolute atomic E-state index is 12.2. The molecule has 0 aliphatic carbocycles. The lowest BCUT2D eigenvalue weighted by atomic mass is 10.1. The summed E-state index contributed by atoms with van der Waals surface area (Å²) in [5.74, 6) is 3.91. The van der Waals surface area contributed by atoms with Crippen LogP contribution in [0.3, 0.4) is 0 Å². The van der Waals surface area contributed by atoms with Gasteiger partial charge in [0, 0.05) is 22.8 Å². The fourth-order valence-electron chi connectivity index (χ4n) is 3.13. The van der Waals surface area contributed by atoms with Gasteiger partial charge in [0.15, 0.2) is 11.5 Å². The summed E-state index contributed by atoms with van der Waals surface area (Å²) in [5.41, 5.74) is 2.87. The molecule has 31 heavy (non-hydrogen) atoms. The Bertz CT molecular complexity index is 1020. The van der Waals surface area contributed by atoms with E-state index in [1.54, 1.807) is 26.0 Å². The third-order valence-electron chi connectivity index (χ3n) is 4.86. The van der Waals surface area contributed by atoms with Gasteiger partial charge in [-0.1, -0.05) is 23.7 Å². The van der Waals surface area contributed by atoms with E-state index in [1.807, 2.05) is 49.4 Å². The van der Waals surface area contributed by atoms with Gasteiger partial charge in [-0.05, 0) is 55.7 Å². The Balaban J connectivity index is 1.48. The van der Waals surface area contributed by atoms with E-state index in [-0.39, 0.29) is 5.78 Å². The third-order valence-corrected chi connectivity index (χ3v) is 6.11. The molecule has 0 fully saturated rings. The van der Waals surface area contributed by atoms with Crippen LogP contribution in [0.2, 0.25) is 5.02 Å². The van der Waals surface area contributed by atoms with Gasteiger partial charge in [0.05, 0.1) is 25.7 Å². The predicted octanol–water partition coefficient (Wildman–Crippen LogP) is 6.15. The number of oxazole rings is 1. The largest absolute Gasteiger partial charge is 0.493 e. The molecule has 0 aliphatic heterocycles. The number of hydrogen-bond acceptors (Lipinski definition) is 6. The predicted molar refractivity (Wildman–Crippen MR) is 125 cm³/mol. The molecule has 7 heteroatoms. The van der Waals surface area contributed by atoms with Gasteiger partial charge in [-0.3, -0.25) is 4.79 Å². The Morgan fingerprint density at radius 3 is 2.55 bits per heavy atom. The number of halogens is 1. The molecule has 0 radical (unpaired) electrons. The zero-order chi connectivity index (χ0) is 22.2. The Morgan fingerprint density at radius 2 is 1.84 bits per heavy atom. The van der Waals surface area contributed by atoms with Crippen molar-refractivity contribution in [2.24, 2.45) is 0 Å². The molecule has 0 N–H and O–H groups in total. The molecule has 0 spiro atoms. The standard InChI is InChI=1S/C24H26ClNO4S/c1-16-21(26-24(30-16)18-9-12-22(28-2)23(13-18)29-3)15-31-14-20(27)6-4-5-17-7-10-19(25)11-8-17/h7-13H,4-6,14-15H2,1-3H3. The number of ether oxygens (including phenoxy) is 2. The highest BCUT2D eigenvalue weighted by Crippen LogP contribution is 2.33. The molecule has 0 bridgehead atoms. The smallest absolute Gasteiger partial charge is 0.226 e. The summed E-state index contributed by atoms with van der Waals surface area (Å²) in [4.78, 5) is 16.8. The van der Waals surface area contributed by atoms with Crippen molar-refractivity contribution in [3.05, 3.63) is 64.5 Å². The van der Waals surface area contributed by atoms with Crippen LogP contribution in [0.15, 0.2) is 46.9 Å². The van der Waals surface area contributed by atoms with Crippen LogP contribution in [0, 0.1) is 6.92 Å². The van der Waals surface area contributed by atoms with E-state index < -0.39 is 0 Å². The van der Waals surface area contributed by atoms with Crippen LogP contribution in [0.4, 0.5) is 0 Å². The van der Waals surface area contributed by atoms with Crippen LogP contribution in [0.5, 0.6) is 11.5 Å². The first-order valence-electron chi connectivity index (χ1n) is 10.0. The number of aromatic nitrogens is 1. The van der Waals surface area contributed by atoms with Gasteiger partial charge in [0.1, 0.15) is 11.5 Å². The normalized spacial score (nSPS) is 10.8. The maximum atomic E-state index is 12.2. The molecular formula is C24H26ClNO4S. The lowest BCUT2D eigenvalue weighted by Crippen LogP contribution is -2.02. The number of benzene rings is 2. The van der Waals surface area contributed by atoms with E-state index >= 15 is 0 Å². The molecule has 164 valence electrons. The molecule has 1 aromatic heterocycles. The third kappa shape index (κ3) is 6.52. The molecule has 2 aromatic carbocycles. The topological polar surface area (TPSA) is 61.6 Å². The molecule has 0 unspecified atom stereocenters. The quantitative estimate of drug-likeness (QED) is 0.343. The highest BCUT2D eigenvalue weighted by molar-refractivity contribution is 7.99. The number of aryl methyl sites for hydroxylation is 2. The van der Waals surface area contributed by atoms with E-state index in [0.717, 1.165) is 34.9 Å². The maximum Gasteiger partial charge on any atom is 0.226 e. The summed E-state index contributed by atoms with van der Waals surface area (Å²) < 4.78 is 16.5. The number of hydrogen-bond donors (Lipinski definition) is 0. The Labute approximate surface area is 192 Å². The number of Topliss-reactive ketones (excluding diaryl/α,β-unsaturated/α-hetero) is 1. The number of ketones is 1. The van der Waals surface area contributed by atoms with Gasteiger partial charge in [-0.25, -0.2) is 4.98 Å². The van der Waals surface area contributed by atoms with Crippen LogP contribution in [-0.4, -0.2) is 30.7 Å². The SMILES string of the molecule is COc1ccc(-c2nc(CSCC(=O)CCCc3ccc(Cl)cc3)c(C)o2)cc1OC. The van der Waals surface area contributed by atoms with Gasteiger partial charge in [-0.2, -0.15) is 0 Å². The van der Waals surface area contributed by atoms with Gasteiger partial charge in [-0.15, -0.1) is 11.8 Å². The van der Waals surface area contributed by atoms with Crippen LogP contribution in [0.1, 0.15) is 29.9 Å². The second kappa shape index (κ2) is 11.3. The first-order chi connectivity index (χ1) is 15.0. The second-order valence-corrected chi connectivity index (χ2v) is 8.53. The summed E-state index contributed by atoms with van der Waals surface area (Å²) in [6, 6.07) is 13.3. The monoisotopic (exact) mass is 459 g/mol. The zero-order valence-corrected chi connectivity index (χ0v) is 19.5. The summed E-state index contributed by atoms with van der Waals surface area (Å²) in [6.07, 6.45) is 2.29. The first-order valence-corrected chi connectivity index (χ1v) is 11.6. The number of methoxy groups -OCH3 is 2. The number of nitrogens with zero attached hydrogens (tertiary/aromatic N) is 1. The molecular weight excluding hydrogens is 434 g/mol. The lowest BCUT2D eigenvalue weighted by molar-refractivity contribution is -0.116. The average Bonchev–Trinajstić information content (AvgIpc) is 3.15. The van der Waals surface area contributed by atoms with Gasteiger partial charge in [0.25, 0.3) is 0 Å². The number of carbonyl (C=O) groups excluding carboxylic acids is 1. The van der Waals surface area contributed by atoms with Crippen LogP contribution < -0.4 is 9.47 Å². The van der Waals surface area contributed by atoms with Crippen LogP contribution >= 0.6 is 23.4 Å². The van der Waals surface area contributed by atoms with Crippen LogP contribution in [-0.2, 0) is 17.0 Å². The highest BCUT2D eigenvalue weighted by Gasteiger charge is 2.14. The van der Waals surface area contributed by atoms with Crippen molar-refractivity contribution < 1.29 is 18.7 Å². The molecule has 0 atom stereocenters. The molecule has 0 amide bonds. The summed E-state index contributed by atoms with van der Waals surface area (Å²) in [7, 11) is 3.19. The molecule has 0 saturated heterocycles. The van der Waals surface area contributed by atoms with Crippen molar-refractivity contribution in [2.75, 3.05) is 20.0 Å². The fourth-order valence-corrected chi connectivity index (χ4v) is 4.19. The van der Waals surface area contributed by atoms with Gasteiger partial charge < -0.3 is 13.9 Å². The lowest BCUT2D eigenvalue weighted by Gasteiger charge is -2.07. The summed E-state index contributed by atoms with van der Waals surface area (Å²) >= 11 is 7.46. The van der Waals surface area contributed by atoms with Gasteiger partial charge >= 0.3 is 0 Å². The zero-order valence-electron chi connectivity index (χ0n) is 17.9. The fraction of sp³-hybridized carbons (Fsp3) is 0.333. The van der Waals surface area contributed by atoms with Crippen molar-refractivity contribution >= 4 is 29.1 Å². The second-order valence-electron chi connectivity index (χ2n) is 7.10. The Hall–Kier alpha value is -2.44. The van der Waals surface area contributed by atoms with E-state index in [1.165, 1.54) is 5.56 Å². The Kier molecular flexibility index (Phi) is 8.43. The van der Waals surface area contributed by atoms with Crippen LogP contribution in [0.25, 0.3) is 11.5 Å². The van der Waals surface area contributed by atoms with Crippen molar-refractivity contribution in [2.45, 2.75) is 31.9 Å². The van der Waals surface area contributed by atoms with Crippen molar-refractivity contribution in [1.82, 2.24) is 4.98 Å². The average molecular weight is 460 g/mol. The van der Waals surface area contributed by atoms with E-state index in [2.05, 4.69) is 4.98 Å². The minimum Gasteiger partial charge on any atom is -0.493 e. The summed E-state index contributed by atoms with van der Waals surface area (Å²) in [5, 5.41) is 0.730. The minimum atomic E-state index is 0.250. The first kappa shape index (κ1) is 23.2. The number of thioether (sulfide) groups is 1. The molecule has 5 nitrogen and oxygen atoms in total. The molecule has 3 aromatic rings. The van der Waals surface area contributed by atoms with Crippen molar-refractivity contribution in [3.63, 3.8) is 0 Å². The molecule has 1 heterocycles. The van der Waals surface area contributed by atoms with E-state index in [9.17, 15) is 4.79 Å². The summed E-state index contributed by atoms with van der Waals surface area (Å²) in [6.45, 7) is 1.89. The minimum absolute atomic E-state index is 0.250. The number of rotatable bonds is 11. The Morgan fingerprint density at radius 1 is 1.10 bits per heavy atom. The highest BCUT2D eigenvalue weighted by atomic mass is 35.5. The molecule has 0 aliphatic rings. The van der Waals surface area contributed by atoms with Crippen molar-refractivity contribution in [1.29, 1.82) is 0 Å². The van der Waals surface area contributed by atoms with Gasteiger partial charge in [0.2, 0.25) is 5.89 Å². The van der Waals surface area contributed by atoms with Crippen molar-refractivity contribution in [3.8, 4) is 23.0 Å². The van der Waals surface area contributed by atoms with E-state index in [0.29, 0.717) is 35.3 Å². The van der Waals surface area contributed by atoms with E-state index in [4.69, 9.17) is 25.5 Å². The molecule has 3 rings (SSSR count). The number of carbonyl (C=O) groups is 1.